The first-order chi connectivity index (χ1) is 19.4. The molecular weight excluding hydrogens is 660 g/mol. The first-order valence-corrected chi connectivity index (χ1v) is 17.4. The molecule has 0 bridgehead atoms. The summed E-state index contributed by atoms with van der Waals surface area (Å²) in [5.74, 6) is 0.265. The zero-order valence-corrected chi connectivity index (χ0v) is 28.2. The van der Waals surface area contributed by atoms with Crippen molar-refractivity contribution < 1.29 is 38.1 Å². The molecule has 4 rings (SSSR count). The summed E-state index contributed by atoms with van der Waals surface area (Å²) in [5, 5.41) is 0.274. The molecule has 0 aromatic rings. The van der Waals surface area contributed by atoms with Crippen molar-refractivity contribution in [3.05, 3.63) is 0 Å². The molecule has 0 aromatic carbocycles. The molecule has 4 fully saturated rings. The monoisotopic (exact) mass is 704 g/mol. The van der Waals surface area contributed by atoms with E-state index in [0.717, 1.165) is 38.5 Å². The van der Waals surface area contributed by atoms with Crippen LogP contribution in [0.2, 0.25) is 0 Å². The fraction of sp³-hybridized carbons (Fsp3) is 0.871. The highest BCUT2D eigenvalue weighted by molar-refractivity contribution is 9.09. The van der Waals surface area contributed by atoms with E-state index in [0.29, 0.717) is 19.3 Å². The van der Waals surface area contributed by atoms with Gasteiger partial charge in [-0.1, -0.05) is 52.6 Å². The van der Waals surface area contributed by atoms with Crippen molar-refractivity contribution in [3.63, 3.8) is 0 Å². The number of hydrogen-bond acceptors (Lipinski definition) is 8. The Labute approximate surface area is 260 Å². The van der Waals surface area contributed by atoms with Gasteiger partial charge in [-0.15, -0.1) is 0 Å². The van der Waals surface area contributed by atoms with E-state index >= 15 is 0 Å². The van der Waals surface area contributed by atoms with Crippen molar-refractivity contribution in [1.29, 1.82) is 0 Å². The van der Waals surface area contributed by atoms with E-state index in [2.05, 4.69) is 52.6 Å². The largest absolute Gasteiger partial charge is 0.469 e. The molecule has 0 aromatic heterocycles. The number of rotatable bonds is 9. The van der Waals surface area contributed by atoms with Gasteiger partial charge in [-0.2, -0.15) is 0 Å². The Bertz CT molecular complexity index is 1000. The lowest BCUT2D eigenvalue weighted by Gasteiger charge is -2.64. The molecule has 4 saturated carbocycles. The van der Waals surface area contributed by atoms with Gasteiger partial charge in [-0.3, -0.25) is 19.2 Å². The Morgan fingerprint density at radius 2 is 1.56 bits per heavy atom. The van der Waals surface area contributed by atoms with Crippen LogP contribution in [0.15, 0.2) is 0 Å². The second kappa shape index (κ2) is 13.2. The third kappa shape index (κ3) is 6.39. The summed E-state index contributed by atoms with van der Waals surface area (Å²) >= 11 is 6.59. The van der Waals surface area contributed by atoms with Gasteiger partial charge < -0.3 is 18.9 Å². The lowest BCUT2D eigenvalue weighted by atomic mass is 9.43. The minimum atomic E-state index is -0.314. The summed E-state index contributed by atoms with van der Waals surface area (Å²) in [7, 11) is 1.42. The molecule has 0 aliphatic heterocycles. The lowest BCUT2D eigenvalue weighted by Crippen LogP contribution is -2.63. The predicted octanol–water partition coefficient (Wildman–Crippen LogP) is 6.00. The third-order valence-corrected chi connectivity index (χ3v) is 12.5. The maximum absolute atomic E-state index is 12.8. The van der Waals surface area contributed by atoms with Gasteiger partial charge in [0.1, 0.15) is 29.0 Å². The average Bonchev–Trinajstić information content (AvgIpc) is 3.30. The van der Waals surface area contributed by atoms with Crippen LogP contribution in [0, 0.1) is 46.3 Å². The number of fused-ring (bicyclic) bond motifs is 5. The van der Waals surface area contributed by atoms with E-state index in [1.807, 2.05) is 0 Å². The maximum atomic E-state index is 12.8. The van der Waals surface area contributed by atoms with Crippen LogP contribution in [0.1, 0.15) is 85.5 Å². The zero-order valence-electron chi connectivity index (χ0n) is 25.0. The molecule has 0 saturated heterocycles. The molecule has 4 aliphatic carbocycles. The summed E-state index contributed by atoms with van der Waals surface area (Å²) in [6.45, 7) is 8.30. The van der Waals surface area contributed by atoms with Crippen molar-refractivity contribution in [2.45, 2.75) is 104 Å². The van der Waals surface area contributed by atoms with Crippen LogP contribution < -0.4 is 0 Å². The summed E-state index contributed by atoms with van der Waals surface area (Å²) in [6, 6.07) is 0. The van der Waals surface area contributed by atoms with Gasteiger partial charge in [-0.25, -0.2) is 0 Å². The van der Waals surface area contributed by atoms with Gasteiger partial charge in [0, 0.05) is 24.7 Å². The van der Waals surface area contributed by atoms with Crippen LogP contribution in [0.5, 0.6) is 0 Å². The van der Waals surface area contributed by atoms with E-state index in [1.54, 1.807) is 0 Å². The van der Waals surface area contributed by atoms with E-state index in [1.165, 1.54) is 14.0 Å². The standard InChI is InChI=1S/C31H46Br2O8/c1-17(6-9-26(35)38-5)21-7-8-22-29-23(14-25(31(21,22)4)41-28(37)16-33)30(3)11-10-20(39-18(2)34)12-19(30)13-24(29)40-27(36)15-32/h17,19-25,29H,6-16H2,1-5H3/t17-,19+,20-,21-,22+,23+,24-,25+,29+,30+,31-/m1/s1. The predicted molar refractivity (Wildman–Crippen MR) is 159 cm³/mol. The number of alkyl halides is 2. The number of esters is 4. The van der Waals surface area contributed by atoms with Crippen LogP contribution in [-0.2, 0) is 38.1 Å². The molecule has 4 aliphatic rings. The number of carbonyl (C=O) groups excluding carboxylic acids is 4. The van der Waals surface area contributed by atoms with Gasteiger partial charge in [-0.05, 0) is 86.4 Å². The fourth-order valence-electron chi connectivity index (χ4n) is 9.74. The number of carbonyl (C=O) groups is 4. The Hall–Kier alpha value is -1.16. The minimum Gasteiger partial charge on any atom is -0.469 e. The highest BCUT2D eigenvalue weighted by atomic mass is 79.9. The average molecular weight is 707 g/mol. The highest BCUT2D eigenvalue weighted by Gasteiger charge is 2.67. The summed E-state index contributed by atoms with van der Waals surface area (Å²) < 4.78 is 23.1. The summed E-state index contributed by atoms with van der Waals surface area (Å²) in [5.41, 5.74) is -0.362. The molecule has 8 nitrogen and oxygen atoms in total. The van der Waals surface area contributed by atoms with Crippen LogP contribution >= 0.6 is 31.9 Å². The zero-order chi connectivity index (χ0) is 30.1. The van der Waals surface area contributed by atoms with Crippen molar-refractivity contribution >= 4 is 55.7 Å². The van der Waals surface area contributed by atoms with E-state index in [-0.39, 0.29) is 99.2 Å². The summed E-state index contributed by atoms with van der Waals surface area (Å²) in [4.78, 5) is 49.3. The number of ether oxygens (including phenoxy) is 4. The second-order valence-corrected chi connectivity index (χ2v) is 14.5. The molecule has 232 valence electrons. The Balaban J connectivity index is 1.72. The SMILES string of the molecule is COC(=O)CC[C@@H](C)[C@H]1CC[C@H]2[C@@H]3[C@H](OC(=O)CBr)C[C@@H]4C[C@H](OC(C)=O)CC[C@]4(C)[C@H]3C[C@H](OC(=O)CBr)[C@]12C. The molecule has 0 unspecified atom stereocenters. The molecule has 41 heavy (non-hydrogen) atoms. The lowest BCUT2D eigenvalue weighted by molar-refractivity contribution is -0.224. The van der Waals surface area contributed by atoms with E-state index in [9.17, 15) is 19.2 Å². The molecule has 10 heteroatoms. The Morgan fingerprint density at radius 1 is 0.878 bits per heavy atom. The fourth-order valence-corrected chi connectivity index (χ4v) is 10.0. The smallest absolute Gasteiger partial charge is 0.316 e. The van der Waals surface area contributed by atoms with E-state index in [4.69, 9.17) is 18.9 Å². The Morgan fingerprint density at radius 3 is 2.20 bits per heavy atom. The van der Waals surface area contributed by atoms with Gasteiger partial charge in [0.05, 0.1) is 7.11 Å². The van der Waals surface area contributed by atoms with Gasteiger partial charge in [0.2, 0.25) is 0 Å². The molecule has 0 amide bonds. The first kappa shape index (κ1) is 32.7. The molecule has 11 atom stereocenters. The highest BCUT2D eigenvalue weighted by Crippen LogP contribution is 2.69. The van der Waals surface area contributed by atoms with Crippen LogP contribution in [0.4, 0.5) is 0 Å². The third-order valence-electron chi connectivity index (χ3n) is 11.6. The normalized spacial score (nSPS) is 40.3. The number of methoxy groups -OCH3 is 1. The molecule has 0 radical (unpaired) electrons. The topological polar surface area (TPSA) is 105 Å². The minimum absolute atomic E-state index is 0.0480. The van der Waals surface area contributed by atoms with Crippen LogP contribution in [0.3, 0.4) is 0 Å². The first-order valence-electron chi connectivity index (χ1n) is 15.1. The van der Waals surface area contributed by atoms with Gasteiger partial charge >= 0.3 is 23.9 Å². The number of hydrogen-bond donors (Lipinski definition) is 0. The van der Waals surface area contributed by atoms with Crippen molar-refractivity contribution in [2.75, 3.05) is 17.8 Å². The van der Waals surface area contributed by atoms with Crippen LogP contribution in [-0.4, -0.2) is 60.0 Å². The molecule has 0 spiro atoms. The van der Waals surface area contributed by atoms with E-state index < -0.39 is 0 Å². The van der Waals surface area contributed by atoms with Crippen molar-refractivity contribution in [1.82, 2.24) is 0 Å². The van der Waals surface area contributed by atoms with Crippen molar-refractivity contribution in [2.24, 2.45) is 46.3 Å². The Kier molecular flexibility index (Phi) is 10.6. The van der Waals surface area contributed by atoms with Gasteiger partial charge in [0.25, 0.3) is 0 Å². The summed E-state index contributed by atoms with van der Waals surface area (Å²) in [6.07, 6.45) is 6.30. The second-order valence-electron chi connectivity index (χ2n) is 13.4. The van der Waals surface area contributed by atoms with Crippen molar-refractivity contribution in [3.8, 4) is 0 Å². The molecular formula is C31H46Br2O8. The maximum Gasteiger partial charge on any atom is 0.316 e. The van der Waals surface area contributed by atoms with Crippen LogP contribution in [0.25, 0.3) is 0 Å². The molecule has 0 heterocycles. The quantitative estimate of drug-likeness (QED) is 0.164. The van der Waals surface area contributed by atoms with Gasteiger partial charge in [0.15, 0.2) is 0 Å². The number of halogens is 2. The molecule has 0 N–H and O–H groups in total.